The summed E-state index contributed by atoms with van der Waals surface area (Å²) in [6, 6.07) is 13.4. The van der Waals surface area contributed by atoms with Crippen molar-refractivity contribution in [3.63, 3.8) is 0 Å². The normalized spacial score (nSPS) is 10.6. The van der Waals surface area contributed by atoms with Gasteiger partial charge < -0.3 is 14.8 Å². The van der Waals surface area contributed by atoms with Gasteiger partial charge in [-0.3, -0.25) is 9.69 Å². The number of aryl methyl sites for hydroxylation is 2. The summed E-state index contributed by atoms with van der Waals surface area (Å²) < 4.78 is 10.8. The SMILES string of the molecule is COc1ccc(OCCN(C)CC(=O)Nc2ccc(C)cc2C)cc1. The van der Waals surface area contributed by atoms with Crippen LogP contribution in [-0.4, -0.2) is 44.7 Å². The van der Waals surface area contributed by atoms with Crippen molar-refractivity contribution < 1.29 is 14.3 Å². The standard InChI is InChI=1S/C20H26N2O3/c1-15-5-10-19(16(2)13-15)21-20(23)14-22(3)11-12-25-18-8-6-17(24-4)7-9-18/h5-10,13H,11-12,14H2,1-4H3,(H,21,23). The molecule has 1 N–H and O–H groups in total. The van der Waals surface area contributed by atoms with Gasteiger partial charge in [0.2, 0.25) is 5.91 Å². The Labute approximate surface area is 149 Å². The lowest BCUT2D eigenvalue weighted by Gasteiger charge is -2.17. The average Bonchev–Trinajstić information content (AvgIpc) is 2.58. The molecule has 0 spiro atoms. The van der Waals surface area contributed by atoms with Gasteiger partial charge in [0, 0.05) is 12.2 Å². The molecule has 0 aliphatic heterocycles. The van der Waals surface area contributed by atoms with Crippen molar-refractivity contribution in [2.45, 2.75) is 13.8 Å². The summed E-state index contributed by atoms with van der Waals surface area (Å²) in [4.78, 5) is 14.1. The second kappa shape index (κ2) is 9.08. The fraction of sp³-hybridized carbons (Fsp3) is 0.350. The number of ether oxygens (including phenoxy) is 2. The first-order chi connectivity index (χ1) is 12.0. The van der Waals surface area contributed by atoms with Crippen LogP contribution in [0.3, 0.4) is 0 Å². The minimum atomic E-state index is -0.0288. The van der Waals surface area contributed by atoms with E-state index in [4.69, 9.17) is 9.47 Å². The van der Waals surface area contributed by atoms with Crippen molar-refractivity contribution in [2.75, 3.05) is 39.2 Å². The quantitative estimate of drug-likeness (QED) is 0.800. The Balaban J connectivity index is 1.73. The van der Waals surface area contributed by atoms with Crippen molar-refractivity contribution in [1.82, 2.24) is 4.90 Å². The van der Waals surface area contributed by atoms with Gasteiger partial charge in [-0.2, -0.15) is 0 Å². The van der Waals surface area contributed by atoms with Crippen LogP contribution < -0.4 is 14.8 Å². The number of likely N-dealkylation sites (N-methyl/N-ethyl adjacent to an activating group) is 1. The number of amides is 1. The average molecular weight is 342 g/mol. The molecule has 0 aliphatic carbocycles. The fourth-order valence-electron chi connectivity index (χ4n) is 2.46. The molecule has 0 fully saturated rings. The number of hydrogen-bond donors (Lipinski definition) is 1. The lowest BCUT2D eigenvalue weighted by molar-refractivity contribution is -0.117. The van der Waals surface area contributed by atoms with Crippen molar-refractivity contribution in [3.05, 3.63) is 53.6 Å². The fourth-order valence-corrected chi connectivity index (χ4v) is 2.46. The maximum absolute atomic E-state index is 12.2. The molecule has 0 unspecified atom stereocenters. The number of nitrogens with one attached hydrogen (secondary N) is 1. The smallest absolute Gasteiger partial charge is 0.238 e. The summed E-state index contributed by atoms with van der Waals surface area (Å²) in [5.41, 5.74) is 3.11. The zero-order valence-corrected chi connectivity index (χ0v) is 15.3. The lowest BCUT2D eigenvalue weighted by atomic mass is 10.1. The Morgan fingerprint density at radius 1 is 1.08 bits per heavy atom. The number of benzene rings is 2. The van der Waals surface area contributed by atoms with Crippen molar-refractivity contribution >= 4 is 11.6 Å². The number of carbonyl (C=O) groups is 1. The van der Waals surface area contributed by atoms with Crippen LogP contribution >= 0.6 is 0 Å². The number of methoxy groups -OCH3 is 1. The van der Waals surface area contributed by atoms with E-state index in [2.05, 4.69) is 11.4 Å². The minimum Gasteiger partial charge on any atom is -0.497 e. The molecule has 1 amide bonds. The van der Waals surface area contributed by atoms with E-state index in [-0.39, 0.29) is 5.91 Å². The summed E-state index contributed by atoms with van der Waals surface area (Å²) in [6.07, 6.45) is 0. The molecule has 0 aromatic heterocycles. The zero-order chi connectivity index (χ0) is 18.2. The first-order valence-electron chi connectivity index (χ1n) is 8.30. The van der Waals surface area contributed by atoms with Gasteiger partial charge in [-0.1, -0.05) is 17.7 Å². The van der Waals surface area contributed by atoms with Crippen LogP contribution in [0.1, 0.15) is 11.1 Å². The molecular formula is C20H26N2O3. The number of anilines is 1. The Morgan fingerprint density at radius 2 is 1.76 bits per heavy atom. The third-order valence-electron chi connectivity index (χ3n) is 3.87. The molecule has 0 atom stereocenters. The Hall–Kier alpha value is -2.53. The predicted molar refractivity (Wildman–Crippen MR) is 101 cm³/mol. The van der Waals surface area contributed by atoms with Crippen LogP contribution in [0.25, 0.3) is 0 Å². The molecular weight excluding hydrogens is 316 g/mol. The maximum atomic E-state index is 12.2. The van der Waals surface area contributed by atoms with Crippen molar-refractivity contribution in [3.8, 4) is 11.5 Å². The molecule has 2 rings (SSSR count). The van der Waals surface area contributed by atoms with E-state index in [1.165, 1.54) is 5.56 Å². The predicted octanol–water partition coefficient (Wildman–Crippen LogP) is 3.26. The van der Waals surface area contributed by atoms with Gasteiger partial charge in [-0.15, -0.1) is 0 Å². The summed E-state index contributed by atoms with van der Waals surface area (Å²) in [5, 5.41) is 2.95. The summed E-state index contributed by atoms with van der Waals surface area (Å²) >= 11 is 0. The summed E-state index contributed by atoms with van der Waals surface area (Å²) in [7, 11) is 3.53. The monoisotopic (exact) mass is 342 g/mol. The third kappa shape index (κ3) is 6.12. The molecule has 25 heavy (non-hydrogen) atoms. The maximum Gasteiger partial charge on any atom is 0.238 e. The molecule has 0 bridgehead atoms. The molecule has 134 valence electrons. The van der Waals surface area contributed by atoms with E-state index < -0.39 is 0 Å². The van der Waals surface area contributed by atoms with Gasteiger partial charge in [0.25, 0.3) is 0 Å². The number of nitrogens with zero attached hydrogens (tertiary/aromatic N) is 1. The molecule has 5 heteroatoms. The molecule has 2 aromatic carbocycles. The van der Waals surface area contributed by atoms with E-state index in [0.29, 0.717) is 19.7 Å². The van der Waals surface area contributed by atoms with Gasteiger partial charge in [0.1, 0.15) is 18.1 Å². The van der Waals surface area contributed by atoms with Crippen LogP contribution in [0.15, 0.2) is 42.5 Å². The highest BCUT2D eigenvalue weighted by atomic mass is 16.5. The molecule has 0 heterocycles. The number of hydrogen-bond acceptors (Lipinski definition) is 4. The van der Waals surface area contributed by atoms with E-state index >= 15 is 0 Å². The van der Waals surface area contributed by atoms with Crippen LogP contribution in [0.2, 0.25) is 0 Å². The highest BCUT2D eigenvalue weighted by molar-refractivity contribution is 5.92. The van der Waals surface area contributed by atoms with Crippen LogP contribution in [0.4, 0.5) is 5.69 Å². The minimum absolute atomic E-state index is 0.0288. The van der Waals surface area contributed by atoms with E-state index in [9.17, 15) is 4.79 Å². The summed E-state index contributed by atoms with van der Waals surface area (Å²) in [6.45, 7) is 5.52. The topological polar surface area (TPSA) is 50.8 Å². The Bertz CT molecular complexity index is 699. The molecule has 0 saturated carbocycles. The van der Waals surface area contributed by atoms with E-state index in [0.717, 1.165) is 22.7 Å². The van der Waals surface area contributed by atoms with Gasteiger partial charge in [-0.25, -0.2) is 0 Å². The second-order valence-electron chi connectivity index (χ2n) is 6.13. The van der Waals surface area contributed by atoms with E-state index in [1.54, 1.807) is 7.11 Å². The Kier molecular flexibility index (Phi) is 6.83. The number of carbonyl (C=O) groups excluding carboxylic acids is 1. The number of rotatable bonds is 8. The first kappa shape index (κ1) is 18.8. The molecule has 0 saturated heterocycles. The van der Waals surface area contributed by atoms with E-state index in [1.807, 2.05) is 62.2 Å². The molecule has 0 aliphatic rings. The highest BCUT2D eigenvalue weighted by Crippen LogP contribution is 2.17. The Morgan fingerprint density at radius 3 is 2.40 bits per heavy atom. The van der Waals surface area contributed by atoms with Crippen molar-refractivity contribution in [2.24, 2.45) is 0 Å². The lowest BCUT2D eigenvalue weighted by Crippen LogP contribution is -2.33. The van der Waals surface area contributed by atoms with Crippen molar-refractivity contribution in [1.29, 1.82) is 0 Å². The van der Waals surface area contributed by atoms with Crippen LogP contribution in [-0.2, 0) is 4.79 Å². The summed E-state index contributed by atoms with van der Waals surface area (Å²) in [5.74, 6) is 1.56. The van der Waals surface area contributed by atoms with Gasteiger partial charge in [0.15, 0.2) is 0 Å². The van der Waals surface area contributed by atoms with Crippen LogP contribution in [0.5, 0.6) is 11.5 Å². The second-order valence-corrected chi connectivity index (χ2v) is 6.13. The zero-order valence-electron chi connectivity index (χ0n) is 15.3. The van der Waals surface area contributed by atoms with Gasteiger partial charge in [0.05, 0.1) is 13.7 Å². The first-order valence-corrected chi connectivity index (χ1v) is 8.30. The van der Waals surface area contributed by atoms with Crippen LogP contribution in [0, 0.1) is 13.8 Å². The molecule has 2 aromatic rings. The molecule has 0 radical (unpaired) electrons. The third-order valence-corrected chi connectivity index (χ3v) is 3.87. The van der Waals surface area contributed by atoms with Gasteiger partial charge in [-0.05, 0) is 56.8 Å². The molecule has 5 nitrogen and oxygen atoms in total. The largest absolute Gasteiger partial charge is 0.497 e. The highest BCUT2D eigenvalue weighted by Gasteiger charge is 2.08. The van der Waals surface area contributed by atoms with Gasteiger partial charge >= 0.3 is 0 Å².